The van der Waals surface area contributed by atoms with Crippen LogP contribution in [-0.2, 0) is 13.0 Å². The van der Waals surface area contributed by atoms with Gasteiger partial charge in [0.05, 0.1) is 0 Å². The van der Waals surface area contributed by atoms with Crippen LogP contribution in [0, 0.1) is 5.82 Å². The number of ether oxygens (including phenoxy) is 1. The number of thiophene rings is 1. The Balaban J connectivity index is 2.10. The number of benzene rings is 1. The summed E-state index contributed by atoms with van der Waals surface area (Å²) in [6.07, 6.45) is 0.609. The van der Waals surface area contributed by atoms with Gasteiger partial charge in [-0.1, -0.05) is 6.07 Å². The van der Waals surface area contributed by atoms with Crippen molar-refractivity contribution in [3.8, 4) is 5.75 Å². The molecule has 2 nitrogen and oxygen atoms in total. The van der Waals surface area contributed by atoms with E-state index in [-0.39, 0.29) is 11.9 Å². The van der Waals surface area contributed by atoms with Crippen molar-refractivity contribution >= 4 is 11.3 Å². The maximum Gasteiger partial charge on any atom is 0.123 e. The summed E-state index contributed by atoms with van der Waals surface area (Å²) in [7, 11) is 0. The molecule has 4 heteroatoms. The van der Waals surface area contributed by atoms with Crippen LogP contribution < -0.4 is 10.5 Å². The predicted octanol–water partition coefficient (Wildman–Crippen LogP) is 3.36. The van der Waals surface area contributed by atoms with Crippen molar-refractivity contribution in [1.29, 1.82) is 0 Å². The van der Waals surface area contributed by atoms with Crippen LogP contribution in [0.25, 0.3) is 0 Å². The molecule has 1 heterocycles. The van der Waals surface area contributed by atoms with Crippen LogP contribution in [0.15, 0.2) is 35.7 Å². The summed E-state index contributed by atoms with van der Waals surface area (Å²) in [6.45, 7) is 2.41. The first-order valence-corrected chi connectivity index (χ1v) is 6.72. The number of hydrogen-bond acceptors (Lipinski definition) is 3. The van der Waals surface area contributed by atoms with E-state index in [1.807, 2.05) is 24.4 Å². The van der Waals surface area contributed by atoms with E-state index in [4.69, 9.17) is 10.5 Å². The predicted molar refractivity (Wildman–Crippen MR) is 72.4 cm³/mol. The summed E-state index contributed by atoms with van der Waals surface area (Å²) >= 11 is 1.64. The molecule has 0 radical (unpaired) electrons. The lowest BCUT2D eigenvalue weighted by Gasteiger charge is -2.12. The molecule has 0 saturated heterocycles. The van der Waals surface area contributed by atoms with E-state index in [1.54, 1.807) is 17.4 Å². The number of nitrogens with two attached hydrogens (primary N) is 1. The third kappa shape index (κ3) is 3.55. The zero-order valence-corrected chi connectivity index (χ0v) is 11.0. The molecular formula is C14H16FNOS. The van der Waals surface area contributed by atoms with Crippen molar-refractivity contribution in [1.82, 2.24) is 0 Å². The van der Waals surface area contributed by atoms with Gasteiger partial charge in [-0.15, -0.1) is 11.3 Å². The molecule has 2 aromatic rings. The molecule has 0 aliphatic rings. The Labute approximate surface area is 110 Å². The zero-order chi connectivity index (χ0) is 13.0. The van der Waals surface area contributed by atoms with E-state index in [9.17, 15) is 4.39 Å². The Bertz CT molecular complexity index is 497. The molecule has 2 N–H and O–H groups in total. The lowest BCUT2D eigenvalue weighted by Crippen LogP contribution is -2.18. The summed E-state index contributed by atoms with van der Waals surface area (Å²) < 4.78 is 18.9. The molecule has 96 valence electrons. The van der Waals surface area contributed by atoms with Crippen LogP contribution in [0.3, 0.4) is 0 Å². The summed E-state index contributed by atoms with van der Waals surface area (Å²) in [5.41, 5.74) is 6.58. The van der Waals surface area contributed by atoms with Gasteiger partial charge in [0.1, 0.15) is 18.2 Å². The molecule has 0 amide bonds. The van der Waals surface area contributed by atoms with Crippen LogP contribution in [0.2, 0.25) is 0 Å². The minimum Gasteiger partial charge on any atom is -0.488 e. The monoisotopic (exact) mass is 265 g/mol. The van der Waals surface area contributed by atoms with Crippen LogP contribution in [0.1, 0.15) is 17.4 Å². The number of halogens is 1. The first kappa shape index (κ1) is 13.1. The maximum absolute atomic E-state index is 13.2. The van der Waals surface area contributed by atoms with E-state index in [1.165, 1.54) is 12.1 Å². The van der Waals surface area contributed by atoms with Crippen LogP contribution in [0.5, 0.6) is 5.75 Å². The smallest absolute Gasteiger partial charge is 0.123 e. The summed E-state index contributed by atoms with van der Waals surface area (Å²) in [5, 5.41) is 2.01. The van der Waals surface area contributed by atoms with Gasteiger partial charge < -0.3 is 10.5 Å². The van der Waals surface area contributed by atoms with E-state index < -0.39 is 0 Å². The second-order valence-electron chi connectivity index (χ2n) is 4.30. The fourth-order valence-electron chi connectivity index (χ4n) is 1.74. The fourth-order valence-corrected chi connectivity index (χ4v) is 2.35. The highest BCUT2D eigenvalue weighted by Gasteiger charge is 2.08. The average Bonchev–Trinajstić information content (AvgIpc) is 2.80. The second-order valence-corrected chi connectivity index (χ2v) is 5.33. The molecule has 0 bridgehead atoms. The molecule has 0 aliphatic heterocycles. The van der Waals surface area contributed by atoms with Gasteiger partial charge >= 0.3 is 0 Å². The van der Waals surface area contributed by atoms with Gasteiger partial charge in [0, 0.05) is 10.9 Å². The van der Waals surface area contributed by atoms with Crippen molar-refractivity contribution in [3.63, 3.8) is 0 Å². The second kappa shape index (κ2) is 5.98. The minimum absolute atomic E-state index is 0.0177. The van der Waals surface area contributed by atoms with Crippen LogP contribution >= 0.6 is 11.3 Å². The van der Waals surface area contributed by atoms with Crippen molar-refractivity contribution in [2.45, 2.75) is 26.0 Å². The van der Waals surface area contributed by atoms with Crippen molar-refractivity contribution in [3.05, 3.63) is 52.0 Å². The molecule has 0 fully saturated rings. The first-order valence-electron chi connectivity index (χ1n) is 5.84. The fraction of sp³-hybridized carbons (Fsp3) is 0.286. The summed E-state index contributed by atoms with van der Waals surface area (Å²) in [4.78, 5) is 1.14. The van der Waals surface area contributed by atoms with Gasteiger partial charge in [-0.3, -0.25) is 0 Å². The first-order chi connectivity index (χ1) is 8.65. The molecule has 1 atom stereocenters. The van der Waals surface area contributed by atoms with Gasteiger partial charge in [0.15, 0.2) is 0 Å². The van der Waals surface area contributed by atoms with Gasteiger partial charge in [-0.2, -0.15) is 0 Å². The van der Waals surface area contributed by atoms with E-state index >= 15 is 0 Å². The number of rotatable bonds is 5. The van der Waals surface area contributed by atoms with Gasteiger partial charge in [-0.25, -0.2) is 4.39 Å². The Hall–Kier alpha value is -1.39. The summed E-state index contributed by atoms with van der Waals surface area (Å²) in [5.74, 6) is 0.455. The topological polar surface area (TPSA) is 35.2 Å². The molecule has 0 spiro atoms. The highest BCUT2D eigenvalue weighted by atomic mass is 32.1. The van der Waals surface area contributed by atoms with E-state index in [2.05, 4.69) is 0 Å². The Kier molecular flexibility index (Phi) is 4.33. The van der Waals surface area contributed by atoms with E-state index in [0.717, 1.165) is 10.4 Å². The van der Waals surface area contributed by atoms with Crippen molar-refractivity contribution in [2.75, 3.05) is 0 Å². The molecule has 1 aromatic carbocycles. The number of hydrogen-bond donors (Lipinski definition) is 1. The highest BCUT2D eigenvalue weighted by molar-refractivity contribution is 7.09. The third-order valence-corrected chi connectivity index (χ3v) is 3.36. The normalized spacial score (nSPS) is 12.4. The Morgan fingerprint density at radius 3 is 2.89 bits per heavy atom. The average molecular weight is 265 g/mol. The molecule has 0 saturated carbocycles. The van der Waals surface area contributed by atoms with Crippen LogP contribution in [-0.4, -0.2) is 6.04 Å². The standard InChI is InChI=1S/C14H16FNOS/c1-10(16)7-11-8-12(15)4-5-14(11)17-9-13-3-2-6-18-13/h2-6,8,10H,7,9,16H2,1H3. The molecule has 0 aliphatic carbocycles. The van der Waals surface area contributed by atoms with Crippen LogP contribution in [0.4, 0.5) is 4.39 Å². The lowest BCUT2D eigenvalue weighted by molar-refractivity contribution is 0.305. The highest BCUT2D eigenvalue weighted by Crippen LogP contribution is 2.23. The molecule has 18 heavy (non-hydrogen) atoms. The van der Waals surface area contributed by atoms with Gasteiger partial charge in [0.25, 0.3) is 0 Å². The SMILES string of the molecule is CC(N)Cc1cc(F)ccc1OCc1cccs1. The zero-order valence-electron chi connectivity index (χ0n) is 10.2. The largest absolute Gasteiger partial charge is 0.488 e. The van der Waals surface area contributed by atoms with Crippen molar-refractivity contribution < 1.29 is 9.13 Å². The minimum atomic E-state index is -0.255. The Morgan fingerprint density at radius 1 is 1.39 bits per heavy atom. The van der Waals surface area contributed by atoms with Crippen molar-refractivity contribution in [2.24, 2.45) is 5.73 Å². The summed E-state index contributed by atoms with van der Waals surface area (Å²) in [6, 6.07) is 8.55. The quantitative estimate of drug-likeness (QED) is 0.899. The Morgan fingerprint density at radius 2 is 2.22 bits per heavy atom. The third-order valence-electron chi connectivity index (χ3n) is 2.51. The molecule has 2 rings (SSSR count). The lowest BCUT2D eigenvalue weighted by atomic mass is 10.1. The van der Waals surface area contributed by atoms with E-state index in [0.29, 0.717) is 18.8 Å². The molecule has 1 unspecified atom stereocenters. The van der Waals surface area contributed by atoms with Gasteiger partial charge in [0.2, 0.25) is 0 Å². The van der Waals surface area contributed by atoms with Gasteiger partial charge in [-0.05, 0) is 48.6 Å². The molecular weight excluding hydrogens is 249 g/mol. The molecule has 1 aromatic heterocycles. The maximum atomic E-state index is 13.2.